The van der Waals surface area contributed by atoms with Crippen LogP contribution < -0.4 is 15.4 Å². The first-order valence-corrected chi connectivity index (χ1v) is 9.12. The van der Waals surface area contributed by atoms with E-state index in [1.165, 1.54) is 0 Å². The van der Waals surface area contributed by atoms with Crippen molar-refractivity contribution < 1.29 is 14.3 Å². The smallest absolute Gasteiger partial charge is 0.255 e. The van der Waals surface area contributed by atoms with Crippen molar-refractivity contribution in [2.75, 3.05) is 11.9 Å². The number of ether oxygens (including phenoxy) is 1. The fraction of sp³-hybridized carbons (Fsp3) is 0.130. The quantitative estimate of drug-likeness (QED) is 0.649. The Morgan fingerprint density at radius 2 is 1.57 bits per heavy atom. The van der Waals surface area contributed by atoms with Crippen molar-refractivity contribution >= 4 is 17.5 Å². The minimum atomic E-state index is -0.245. The predicted molar refractivity (Wildman–Crippen MR) is 110 cm³/mol. The summed E-state index contributed by atoms with van der Waals surface area (Å²) >= 11 is 0. The molecule has 0 aliphatic carbocycles. The minimum Gasteiger partial charge on any atom is -0.494 e. The molecule has 0 atom stereocenters. The van der Waals surface area contributed by atoms with Crippen LogP contribution in [-0.2, 0) is 6.54 Å². The lowest BCUT2D eigenvalue weighted by molar-refractivity contribution is 0.0949. The molecule has 0 bridgehead atoms. The summed E-state index contributed by atoms with van der Waals surface area (Å²) in [7, 11) is 0. The van der Waals surface area contributed by atoms with E-state index in [2.05, 4.69) is 10.6 Å². The molecule has 3 rings (SSSR count). The van der Waals surface area contributed by atoms with Crippen LogP contribution in [0.4, 0.5) is 5.69 Å². The molecule has 0 radical (unpaired) electrons. The Bertz CT molecular complexity index is 938. The SMILES string of the molecule is CCOc1ccc(C(=O)Nc2cccc(C(=O)NCc3ccccc3)c2)cc1. The van der Waals surface area contributed by atoms with Crippen molar-refractivity contribution in [2.24, 2.45) is 0 Å². The number of carbonyl (C=O) groups excluding carboxylic acids is 2. The number of amides is 2. The van der Waals surface area contributed by atoms with Gasteiger partial charge in [0, 0.05) is 23.4 Å². The average Bonchev–Trinajstić information content (AvgIpc) is 2.73. The molecular weight excluding hydrogens is 352 g/mol. The van der Waals surface area contributed by atoms with Crippen LogP contribution in [0.5, 0.6) is 5.75 Å². The molecule has 0 saturated carbocycles. The number of benzene rings is 3. The second-order valence-electron chi connectivity index (χ2n) is 6.16. The zero-order valence-corrected chi connectivity index (χ0v) is 15.6. The van der Waals surface area contributed by atoms with Crippen LogP contribution in [0.1, 0.15) is 33.2 Å². The Hall–Kier alpha value is -3.60. The molecule has 0 aromatic heterocycles. The van der Waals surface area contributed by atoms with E-state index in [1.807, 2.05) is 37.3 Å². The lowest BCUT2D eigenvalue weighted by Gasteiger charge is -2.09. The number of nitrogens with one attached hydrogen (secondary N) is 2. The number of hydrogen-bond donors (Lipinski definition) is 2. The fourth-order valence-corrected chi connectivity index (χ4v) is 2.69. The number of hydrogen-bond acceptors (Lipinski definition) is 3. The van der Waals surface area contributed by atoms with Crippen LogP contribution in [0.25, 0.3) is 0 Å². The molecule has 0 aliphatic heterocycles. The maximum Gasteiger partial charge on any atom is 0.255 e. The van der Waals surface area contributed by atoms with E-state index in [9.17, 15) is 9.59 Å². The topological polar surface area (TPSA) is 67.4 Å². The largest absolute Gasteiger partial charge is 0.494 e. The van der Waals surface area contributed by atoms with Crippen molar-refractivity contribution in [2.45, 2.75) is 13.5 Å². The Labute approximate surface area is 164 Å². The van der Waals surface area contributed by atoms with E-state index < -0.39 is 0 Å². The highest BCUT2D eigenvalue weighted by molar-refractivity contribution is 6.05. The summed E-state index contributed by atoms with van der Waals surface area (Å²) in [5.41, 5.74) is 2.59. The van der Waals surface area contributed by atoms with Crippen molar-refractivity contribution in [1.82, 2.24) is 5.32 Å². The third kappa shape index (κ3) is 5.20. The average molecular weight is 374 g/mol. The zero-order chi connectivity index (χ0) is 19.8. The van der Waals surface area contributed by atoms with E-state index in [1.54, 1.807) is 48.5 Å². The van der Waals surface area contributed by atoms with Gasteiger partial charge in [0.2, 0.25) is 0 Å². The van der Waals surface area contributed by atoms with Crippen LogP contribution in [0.15, 0.2) is 78.9 Å². The van der Waals surface area contributed by atoms with Crippen LogP contribution in [0, 0.1) is 0 Å². The van der Waals surface area contributed by atoms with Gasteiger partial charge in [0.15, 0.2) is 0 Å². The number of anilines is 1. The molecule has 3 aromatic carbocycles. The molecule has 0 fully saturated rings. The van der Waals surface area contributed by atoms with Gasteiger partial charge in [-0.3, -0.25) is 9.59 Å². The third-order valence-electron chi connectivity index (χ3n) is 4.11. The van der Waals surface area contributed by atoms with Crippen molar-refractivity contribution in [3.05, 3.63) is 95.6 Å². The van der Waals surface area contributed by atoms with Crippen molar-refractivity contribution in [3.63, 3.8) is 0 Å². The first kappa shape index (κ1) is 19.2. The Balaban J connectivity index is 1.62. The lowest BCUT2D eigenvalue weighted by atomic mass is 10.1. The highest BCUT2D eigenvalue weighted by Gasteiger charge is 2.09. The van der Waals surface area contributed by atoms with Gasteiger partial charge in [-0.05, 0) is 55.0 Å². The van der Waals surface area contributed by atoms with Crippen LogP contribution in [0.2, 0.25) is 0 Å². The maximum atomic E-state index is 12.4. The maximum absolute atomic E-state index is 12.4. The second-order valence-corrected chi connectivity index (χ2v) is 6.16. The molecule has 3 aromatic rings. The molecular formula is C23H22N2O3. The van der Waals surface area contributed by atoms with Crippen LogP contribution in [-0.4, -0.2) is 18.4 Å². The molecule has 5 heteroatoms. The van der Waals surface area contributed by atoms with E-state index in [-0.39, 0.29) is 11.8 Å². The predicted octanol–water partition coefficient (Wildman–Crippen LogP) is 4.27. The number of carbonyl (C=O) groups is 2. The first-order valence-electron chi connectivity index (χ1n) is 9.12. The van der Waals surface area contributed by atoms with Gasteiger partial charge in [-0.2, -0.15) is 0 Å². The Morgan fingerprint density at radius 3 is 2.29 bits per heavy atom. The van der Waals surface area contributed by atoms with Gasteiger partial charge in [0.1, 0.15) is 5.75 Å². The monoisotopic (exact) mass is 374 g/mol. The summed E-state index contributed by atoms with van der Waals surface area (Å²) in [6.45, 7) is 2.93. The molecule has 0 aliphatic rings. The van der Waals surface area contributed by atoms with Crippen molar-refractivity contribution in [3.8, 4) is 5.75 Å². The Morgan fingerprint density at radius 1 is 0.821 bits per heavy atom. The van der Waals surface area contributed by atoms with Gasteiger partial charge >= 0.3 is 0 Å². The Kier molecular flexibility index (Phi) is 6.41. The summed E-state index contributed by atoms with van der Waals surface area (Å²) < 4.78 is 5.38. The van der Waals surface area contributed by atoms with Gasteiger partial charge in [-0.1, -0.05) is 36.4 Å². The summed E-state index contributed by atoms with van der Waals surface area (Å²) in [6.07, 6.45) is 0. The number of rotatable bonds is 7. The molecule has 0 spiro atoms. The van der Waals surface area contributed by atoms with E-state index >= 15 is 0 Å². The highest BCUT2D eigenvalue weighted by atomic mass is 16.5. The molecule has 5 nitrogen and oxygen atoms in total. The van der Waals surface area contributed by atoms with E-state index in [4.69, 9.17) is 4.74 Å². The van der Waals surface area contributed by atoms with E-state index in [0.717, 1.165) is 11.3 Å². The molecule has 0 saturated heterocycles. The summed E-state index contributed by atoms with van der Waals surface area (Å²) in [5.74, 6) is 0.280. The van der Waals surface area contributed by atoms with Crippen LogP contribution in [0.3, 0.4) is 0 Å². The molecule has 2 N–H and O–H groups in total. The second kappa shape index (κ2) is 9.37. The summed E-state index contributed by atoms with van der Waals surface area (Å²) in [6, 6.07) is 23.5. The molecule has 0 unspecified atom stereocenters. The van der Waals surface area contributed by atoms with Gasteiger partial charge in [0.05, 0.1) is 6.61 Å². The normalized spacial score (nSPS) is 10.2. The zero-order valence-electron chi connectivity index (χ0n) is 15.6. The van der Waals surface area contributed by atoms with Crippen LogP contribution >= 0.6 is 0 Å². The lowest BCUT2D eigenvalue weighted by Crippen LogP contribution is -2.23. The van der Waals surface area contributed by atoms with Gasteiger partial charge < -0.3 is 15.4 Å². The van der Waals surface area contributed by atoms with Crippen molar-refractivity contribution in [1.29, 1.82) is 0 Å². The van der Waals surface area contributed by atoms with Gasteiger partial charge in [-0.25, -0.2) is 0 Å². The fourth-order valence-electron chi connectivity index (χ4n) is 2.69. The summed E-state index contributed by atoms with van der Waals surface area (Å²) in [4.78, 5) is 24.8. The molecule has 2 amide bonds. The minimum absolute atomic E-state index is 0.194. The van der Waals surface area contributed by atoms with Gasteiger partial charge in [-0.15, -0.1) is 0 Å². The summed E-state index contributed by atoms with van der Waals surface area (Å²) in [5, 5.41) is 5.70. The molecule has 28 heavy (non-hydrogen) atoms. The standard InChI is InChI=1S/C23H22N2O3/c1-2-28-21-13-11-18(12-14-21)23(27)25-20-10-6-9-19(15-20)22(26)24-16-17-7-4-3-5-8-17/h3-15H,2,16H2,1H3,(H,24,26)(H,25,27). The molecule has 0 heterocycles. The first-order chi connectivity index (χ1) is 13.7. The molecule has 142 valence electrons. The highest BCUT2D eigenvalue weighted by Crippen LogP contribution is 2.15. The third-order valence-corrected chi connectivity index (χ3v) is 4.11. The van der Waals surface area contributed by atoms with E-state index in [0.29, 0.717) is 30.0 Å². The van der Waals surface area contributed by atoms with Gasteiger partial charge in [0.25, 0.3) is 11.8 Å².